The number of nitrogens with zero attached hydrogens (tertiary/aromatic N) is 1. The van der Waals surface area contributed by atoms with E-state index in [2.05, 4.69) is 6.92 Å². The summed E-state index contributed by atoms with van der Waals surface area (Å²) < 4.78 is 0. The first-order valence-electron chi connectivity index (χ1n) is 6.48. The van der Waals surface area contributed by atoms with E-state index < -0.39 is 0 Å². The Labute approximate surface area is 124 Å². The smallest absolute Gasteiger partial charge is 0.246 e. The molecule has 0 bridgehead atoms. The molecule has 0 radical (unpaired) electrons. The molecule has 1 aromatic rings. The van der Waals surface area contributed by atoms with E-state index in [1.165, 1.54) is 6.42 Å². The van der Waals surface area contributed by atoms with Gasteiger partial charge in [-0.3, -0.25) is 4.79 Å². The summed E-state index contributed by atoms with van der Waals surface area (Å²) >= 11 is 11.9. The Balaban J connectivity index is 2.03. The van der Waals surface area contributed by atoms with Gasteiger partial charge in [0.2, 0.25) is 5.91 Å². The van der Waals surface area contributed by atoms with E-state index in [-0.39, 0.29) is 5.91 Å². The minimum atomic E-state index is 0.0533. The van der Waals surface area contributed by atoms with Crippen LogP contribution in [0.4, 0.5) is 0 Å². The Bertz CT molecular complexity index is 499. The van der Waals surface area contributed by atoms with Crippen LogP contribution in [0, 0.1) is 5.92 Å². The van der Waals surface area contributed by atoms with Crippen molar-refractivity contribution >= 4 is 35.2 Å². The van der Waals surface area contributed by atoms with Gasteiger partial charge in [-0.05, 0) is 42.5 Å². The quantitative estimate of drug-likeness (QED) is 0.747. The third-order valence-electron chi connectivity index (χ3n) is 3.34. The number of likely N-dealkylation sites (tertiary alicyclic amines) is 1. The molecule has 1 heterocycles. The van der Waals surface area contributed by atoms with Crippen molar-refractivity contribution in [3.8, 4) is 0 Å². The summed E-state index contributed by atoms with van der Waals surface area (Å²) in [6.07, 6.45) is 5.63. The third kappa shape index (κ3) is 3.99. The first-order chi connectivity index (χ1) is 9.06. The maximum absolute atomic E-state index is 12.1. The van der Waals surface area contributed by atoms with Crippen molar-refractivity contribution in [2.75, 3.05) is 13.1 Å². The predicted molar refractivity (Wildman–Crippen MR) is 80.5 cm³/mol. The molecule has 1 aliphatic rings. The van der Waals surface area contributed by atoms with E-state index in [0.29, 0.717) is 16.0 Å². The van der Waals surface area contributed by atoms with Crippen molar-refractivity contribution in [2.24, 2.45) is 5.92 Å². The van der Waals surface area contributed by atoms with E-state index in [9.17, 15) is 4.79 Å². The van der Waals surface area contributed by atoms with Gasteiger partial charge >= 0.3 is 0 Å². The molecule has 1 amide bonds. The van der Waals surface area contributed by atoms with Crippen LogP contribution in [-0.4, -0.2) is 23.9 Å². The summed E-state index contributed by atoms with van der Waals surface area (Å²) in [6, 6.07) is 5.25. The number of carbonyl (C=O) groups is 1. The summed E-state index contributed by atoms with van der Waals surface area (Å²) in [5.74, 6) is 0.641. The van der Waals surface area contributed by atoms with Crippen LogP contribution in [0.3, 0.4) is 0 Å². The number of piperidine rings is 1. The van der Waals surface area contributed by atoms with Crippen LogP contribution in [0.2, 0.25) is 10.0 Å². The summed E-state index contributed by atoms with van der Waals surface area (Å²) in [5, 5.41) is 1.15. The molecule has 1 aromatic carbocycles. The fourth-order valence-corrected chi connectivity index (χ4v) is 2.76. The molecule has 1 unspecified atom stereocenters. The maximum Gasteiger partial charge on any atom is 0.246 e. The summed E-state index contributed by atoms with van der Waals surface area (Å²) in [7, 11) is 0. The van der Waals surface area contributed by atoms with Crippen LogP contribution in [-0.2, 0) is 4.79 Å². The van der Waals surface area contributed by atoms with Crippen LogP contribution in [0.1, 0.15) is 25.3 Å². The van der Waals surface area contributed by atoms with E-state index in [4.69, 9.17) is 23.2 Å². The monoisotopic (exact) mass is 297 g/mol. The average molecular weight is 298 g/mol. The Morgan fingerprint density at radius 3 is 2.89 bits per heavy atom. The first kappa shape index (κ1) is 14.4. The SMILES string of the molecule is CC1CCCN(C(=O)C=Cc2ccc(Cl)cc2Cl)C1. The number of hydrogen-bond acceptors (Lipinski definition) is 1. The lowest BCUT2D eigenvalue weighted by atomic mass is 10.0. The zero-order valence-corrected chi connectivity index (χ0v) is 12.4. The topological polar surface area (TPSA) is 20.3 Å². The van der Waals surface area contributed by atoms with Crippen LogP contribution in [0.25, 0.3) is 6.08 Å². The number of halogens is 2. The molecular formula is C15H17Cl2NO. The second-order valence-electron chi connectivity index (χ2n) is 5.03. The molecule has 2 rings (SSSR count). The average Bonchev–Trinajstić information content (AvgIpc) is 2.37. The van der Waals surface area contributed by atoms with E-state index in [0.717, 1.165) is 25.1 Å². The maximum atomic E-state index is 12.1. The largest absolute Gasteiger partial charge is 0.339 e. The molecule has 0 N–H and O–H groups in total. The summed E-state index contributed by atoms with van der Waals surface area (Å²) in [5.41, 5.74) is 0.810. The van der Waals surface area contributed by atoms with Gasteiger partial charge in [0.25, 0.3) is 0 Å². The second kappa shape index (κ2) is 6.44. The van der Waals surface area contributed by atoms with Crippen molar-refractivity contribution in [2.45, 2.75) is 19.8 Å². The Hall–Kier alpha value is -0.990. The highest BCUT2D eigenvalue weighted by Crippen LogP contribution is 2.22. The summed E-state index contributed by atoms with van der Waals surface area (Å²) in [4.78, 5) is 14.0. The number of amides is 1. The number of carbonyl (C=O) groups excluding carboxylic acids is 1. The second-order valence-corrected chi connectivity index (χ2v) is 5.87. The first-order valence-corrected chi connectivity index (χ1v) is 7.24. The van der Waals surface area contributed by atoms with Gasteiger partial charge in [-0.15, -0.1) is 0 Å². The van der Waals surface area contributed by atoms with Gasteiger partial charge < -0.3 is 4.90 Å². The van der Waals surface area contributed by atoms with E-state index in [1.807, 2.05) is 11.0 Å². The van der Waals surface area contributed by atoms with Crippen molar-refractivity contribution in [1.82, 2.24) is 4.90 Å². The molecule has 2 nitrogen and oxygen atoms in total. The van der Waals surface area contributed by atoms with Crippen LogP contribution < -0.4 is 0 Å². The molecule has 1 fully saturated rings. The molecule has 0 spiro atoms. The predicted octanol–water partition coefficient (Wildman–Crippen LogP) is 4.27. The normalized spacial score (nSPS) is 19.9. The molecule has 0 aromatic heterocycles. The molecule has 1 saturated heterocycles. The lowest BCUT2D eigenvalue weighted by Gasteiger charge is -2.30. The lowest BCUT2D eigenvalue weighted by molar-refractivity contribution is -0.127. The third-order valence-corrected chi connectivity index (χ3v) is 3.90. The van der Waals surface area contributed by atoms with Gasteiger partial charge in [0.1, 0.15) is 0 Å². The zero-order chi connectivity index (χ0) is 13.8. The van der Waals surface area contributed by atoms with Crippen molar-refractivity contribution in [1.29, 1.82) is 0 Å². The summed E-state index contributed by atoms with van der Waals surface area (Å²) in [6.45, 7) is 3.87. The van der Waals surface area contributed by atoms with Gasteiger partial charge in [-0.2, -0.15) is 0 Å². The molecule has 1 atom stereocenters. The number of rotatable bonds is 2. The minimum Gasteiger partial charge on any atom is -0.339 e. The fourth-order valence-electron chi connectivity index (χ4n) is 2.29. The van der Waals surface area contributed by atoms with Crippen molar-refractivity contribution in [3.05, 3.63) is 39.9 Å². The molecule has 0 aliphatic carbocycles. The van der Waals surface area contributed by atoms with Gasteiger partial charge in [0, 0.05) is 29.2 Å². The molecule has 0 saturated carbocycles. The number of hydrogen-bond donors (Lipinski definition) is 0. The minimum absolute atomic E-state index is 0.0533. The highest BCUT2D eigenvalue weighted by molar-refractivity contribution is 6.35. The van der Waals surface area contributed by atoms with Gasteiger partial charge in [-0.25, -0.2) is 0 Å². The van der Waals surface area contributed by atoms with Gasteiger partial charge in [0.15, 0.2) is 0 Å². The van der Waals surface area contributed by atoms with Gasteiger partial charge in [0.05, 0.1) is 0 Å². The van der Waals surface area contributed by atoms with Crippen molar-refractivity contribution in [3.63, 3.8) is 0 Å². The Morgan fingerprint density at radius 1 is 1.42 bits per heavy atom. The molecule has 19 heavy (non-hydrogen) atoms. The molecular weight excluding hydrogens is 281 g/mol. The highest BCUT2D eigenvalue weighted by Gasteiger charge is 2.18. The number of benzene rings is 1. The molecule has 102 valence electrons. The van der Waals surface area contributed by atoms with Gasteiger partial charge in [-0.1, -0.05) is 36.2 Å². The Kier molecular flexibility index (Phi) is 4.89. The fraction of sp³-hybridized carbons (Fsp3) is 0.400. The lowest BCUT2D eigenvalue weighted by Crippen LogP contribution is -2.38. The van der Waals surface area contributed by atoms with Crippen LogP contribution >= 0.6 is 23.2 Å². The molecule has 4 heteroatoms. The van der Waals surface area contributed by atoms with Crippen molar-refractivity contribution < 1.29 is 4.79 Å². The highest BCUT2D eigenvalue weighted by atomic mass is 35.5. The van der Waals surface area contributed by atoms with E-state index >= 15 is 0 Å². The Morgan fingerprint density at radius 2 is 2.21 bits per heavy atom. The van der Waals surface area contributed by atoms with E-state index in [1.54, 1.807) is 24.3 Å². The zero-order valence-electron chi connectivity index (χ0n) is 10.9. The van der Waals surface area contributed by atoms with Crippen LogP contribution in [0.5, 0.6) is 0 Å². The standard InChI is InChI=1S/C15H17Cl2NO/c1-11-3-2-8-18(10-11)15(19)7-5-12-4-6-13(16)9-14(12)17/h4-7,9,11H,2-3,8,10H2,1H3. The molecule has 1 aliphatic heterocycles. The van der Waals surface area contributed by atoms with Crippen LogP contribution in [0.15, 0.2) is 24.3 Å².